The number of aryl methyl sites for hydroxylation is 1. The van der Waals surface area contributed by atoms with E-state index in [1.807, 2.05) is 24.3 Å². The zero-order valence-electron chi connectivity index (χ0n) is 14.7. The highest BCUT2D eigenvalue weighted by Crippen LogP contribution is 2.28. The Kier molecular flexibility index (Phi) is 5.92. The molecule has 1 atom stereocenters. The van der Waals surface area contributed by atoms with E-state index < -0.39 is 0 Å². The summed E-state index contributed by atoms with van der Waals surface area (Å²) in [5, 5.41) is 9.71. The molecule has 0 saturated carbocycles. The lowest BCUT2D eigenvalue weighted by Crippen LogP contribution is -2.35. The molecule has 1 saturated heterocycles. The van der Waals surface area contributed by atoms with Crippen LogP contribution in [0.15, 0.2) is 42.5 Å². The van der Waals surface area contributed by atoms with E-state index in [1.165, 1.54) is 12.8 Å². The van der Waals surface area contributed by atoms with E-state index in [0.717, 1.165) is 43.6 Å². The second-order valence-corrected chi connectivity index (χ2v) is 6.88. The van der Waals surface area contributed by atoms with Gasteiger partial charge in [0.05, 0.1) is 7.11 Å². The smallest absolute Gasteiger partial charge is 0.160 e. The molecule has 1 aliphatic heterocycles. The first kappa shape index (κ1) is 17.7. The standard InChI is InChI=1S/C21H26FNO2/c1-25-21-13-17(9-11-20(21)24)15-23-12-4-5-16(14-23)8-10-18-6-2-3-7-19(18)22/h2-3,6-7,9,11,13,16,24H,4-5,8,10,12,14-15H2,1H3/t16-/m0/s1. The van der Waals surface area contributed by atoms with Crippen LogP contribution in [0.2, 0.25) is 0 Å². The summed E-state index contributed by atoms with van der Waals surface area (Å²) in [6.07, 6.45) is 4.22. The monoisotopic (exact) mass is 343 g/mol. The Hall–Kier alpha value is -2.07. The molecule has 0 amide bonds. The third-order valence-electron chi connectivity index (χ3n) is 5.03. The number of rotatable bonds is 6. The van der Waals surface area contributed by atoms with E-state index in [-0.39, 0.29) is 11.6 Å². The van der Waals surface area contributed by atoms with Crippen LogP contribution in [0.5, 0.6) is 11.5 Å². The van der Waals surface area contributed by atoms with Crippen LogP contribution >= 0.6 is 0 Å². The van der Waals surface area contributed by atoms with Crippen molar-refractivity contribution in [3.8, 4) is 11.5 Å². The zero-order valence-corrected chi connectivity index (χ0v) is 14.7. The summed E-state index contributed by atoms with van der Waals surface area (Å²) < 4.78 is 19.0. The van der Waals surface area contributed by atoms with Crippen LogP contribution in [0.4, 0.5) is 4.39 Å². The number of methoxy groups -OCH3 is 1. The number of hydrogen-bond donors (Lipinski definition) is 1. The van der Waals surface area contributed by atoms with Crippen LogP contribution in [-0.4, -0.2) is 30.2 Å². The molecule has 2 aromatic carbocycles. The van der Waals surface area contributed by atoms with E-state index in [2.05, 4.69) is 4.90 Å². The number of phenols is 1. The number of benzene rings is 2. The molecule has 25 heavy (non-hydrogen) atoms. The molecule has 0 bridgehead atoms. The average Bonchev–Trinajstić information content (AvgIpc) is 2.63. The highest BCUT2D eigenvalue weighted by molar-refractivity contribution is 5.41. The third kappa shape index (κ3) is 4.73. The Morgan fingerprint density at radius 2 is 2.08 bits per heavy atom. The van der Waals surface area contributed by atoms with Gasteiger partial charge in [-0.05, 0) is 67.5 Å². The first-order valence-corrected chi connectivity index (χ1v) is 8.97. The van der Waals surface area contributed by atoms with E-state index in [0.29, 0.717) is 11.7 Å². The van der Waals surface area contributed by atoms with Crippen molar-refractivity contribution < 1.29 is 14.2 Å². The normalized spacial score (nSPS) is 18.2. The highest BCUT2D eigenvalue weighted by atomic mass is 19.1. The van der Waals surface area contributed by atoms with Crippen LogP contribution in [0.3, 0.4) is 0 Å². The second-order valence-electron chi connectivity index (χ2n) is 6.88. The Balaban J connectivity index is 1.55. The van der Waals surface area contributed by atoms with Crippen molar-refractivity contribution in [2.45, 2.75) is 32.2 Å². The second kappa shape index (κ2) is 8.34. The van der Waals surface area contributed by atoms with Gasteiger partial charge in [-0.2, -0.15) is 0 Å². The number of likely N-dealkylation sites (tertiary alicyclic amines) is 1. The van der Waals surface area contributed by atoms with E-state index >= 15 is 0 Å². The topological polar surface area (TPSA) is 32.7 Å². The number of ether oxygens (including phenoxy) is 1. The molecule has 1 N–H and O–H groups in total. The van der Waals surface area contributed by atoms with Gasteiger partial charge in [0.1, 0.15) is 5.82 Å². The number of piperidine rings is 1. The van der Waals surface area contributed by atoms with Crippen molar-refractivity contribution in [2.24, 2.45) is 5.92 Å². The zero-order chi connectivity index (χ0) is 17.6. The Labute approximate surface area is 149 Å². The molecule has 2 aromatic rings. The van der Waals surface area contributed by atoms with Crippen LogP contribution in [0, 0.1) is 11.7 Å². The molecule has 0 aliphatic carbocycles. The van der Waals surface area contributed by atoms with Gasteiger partial charge in [0.2, 0.25) is 0 Å². The number of nitrogens with zero attached hydrogens (tertiary/aromatic N) is 1. The van der Waals surface area contributed by atoms with E-state index in [1.54, 1.807) is 25.3 Å². The molecule has 3 rings (SSSR count). The fourth-order valence-corrected chi connectivity index (χ4v) is 3.67. The van der Waals surface area contributed by atoms with Crippen molar-refractivity contribution in [2.75, 3.05) is 20.2 Å². The van der Waals surface area contributed by atoms with Gasteiger partial charge in [-0.25, -0.2) is 4.39 Å². The summed E-state index contributed by atoms with van der Waals surface area (Å²) in [6, 6.07) is 12.6. The molecule has 1 fully saturated rings. The molecule has 134 valence electrons. The molecule has 4 heteroatoms. The quantitative estimate of drug-likeness (QED) is 0.845. The van der Waals surface area contributed by atoms with Gasteiger partial charge in [-0.15, -0.1) is 0 Å². The van der Waals surface area contributed by atoms with Gasteiger partial charge in [-0.1, -0.05) is 24.3 Å². The predicted molar refractivity (Wildman–Crippen MR) is 97.4 cm³/mol. The van der Waals surface area contributed by atoms with Crippen LogP contribution in [0.25, 0.3) is 0 Å². The van der Waals surface area contributed by atoms with Gasteiger partial charge in [-0.3, -0.25) is 4.90 Å². The van der Waals surface area contributed by atoms with Crippen LogP contribution in [0.1, 0.15) is 30.4 Å². The number of halogens is 1. The molecule has 0 spiro atoms. The molecular weight excluding hydrogens is 317 g/mol. The SMILES string of the molecule is COc1cc(CN2CCC[C@@H](CCc3ccccc3F)C2)ccc1O. The molecule has 0 radical (unpaired) electrons. The fraction of sp³-hybridized carbons (Fsp3) is 0.429. The molecular formula is C21H26FNO2. The first-order valence-electron chi connectivity index (χ1n) is 8.97. The van der Waals surface area contributed by atoms with Gasteiger partial charge >= 0.3 is 0 Å². The number of phenolic OH excluding ortho intramolecular Hbond substituents is 1. The molecule has 1 heterocycles. The maximum absolute atomic E-state index is 13.8. The minimum atomic E-state index is -0.0913. The van der Waals surface area contributed by atoms with Gasteiger partial charge in [0, 0.05) is 13.1 Å². The van der Waals surface area contributed by atoms with Crippen molar-refractivity contribution in [1.29, 1.82) is 0 Å². The van der Waals surface area contributed by atoms with Crippen molar-refractivity contribution in [3.63, 3.8) is 0 Å². The third-order valence-corrected chi connectivity index (χ3v) is 5.03. The summed E-state index contributed by atoms with van der Waals surface area (Å²) in [6.45, 7) is 2.98. The van der Waals surface area contributed by atoms with Gasteiger partial charge in [0.25, 0.3) is 0 Å². The summed E-state index contributed by atoms with van der Waals surface area (Å²) in [5.41, 5.74) is 1.97. The van der Waals surface area contributed by atoms with Crippen molar-refractivity contribution in [3.05, 3.63) is 59.4 Å². The maximum atomic E-state index is 13.8. The Bertz CT molecular complexity index is 704. The molecule has 0 unspecified atom stereocenters. The van der Waals surface area contributed by atoms with Gasteiger partial charge < -0.3 is 9.84 Å². The summed E-state index contributed by atoms with van der Waals surface area (Å²) in [7, 11) is 1.57. The summed E-state index contributed by atoms with van der Waals surface area (Å²) >= 11 is 0. The average molecular weight is 343 g/mol. The highest BCUT2D eigenvalue weighted by Gasteiger charge is 2.20. The molecule has 3 nitrogen and oxygen atoms in total. The van der Waals surface area contributed by atoms with Gasteiger partial charge in [0.15, 0.2) is 11.5 Å². The minimum Gasteiger partial charge on any atom is -0.504 e. The fourth-order valence-electron chi connectivity index (χ4n) is 3.67. The Morgan fingerprint density at radius 3 is 2.88 bits per heavy atom. The van der Waals surface area contributed by atoms with Crippen LogP contribution < -0.4 is 4.74 Å². The first-order chi connectivity index (χ1) is 12.2. The van der Waals surface area contributed by atoms with E-state index in [4.69, 9.17) is 4.74 Å². The lowest BCUT2D eigenvalue weighted by atomic mass is 9.91. The largest absolute Gasteiger partial charge is 0.504 e. The molecule has 1 aliphatic rings. The van der Waals surface area contributed by atoms with Crippen molar-refractivity contribution >= 4 is 0 Å². The van der Waals surface area contributed by atoms with Crippen LogP contribution in [-0.2, 0) is 13.0 Å². The number of aromatic hydroxyl groups is 1. The minimum absolute atomic E-state index is 0.0913. The summed E-state index contributed by atoms with van der Waals surface area (Å²) in [5.74, 6) is 1.21. The predicted octanol–water partition coefficient (Wildman–Crippen LogP) is 4.38. The molecule has 0 aromatic heterocycles. The maximum Gasteiger partial charge on any atom is 0.160 e. The Morgan fingerprint density at radius 1 is 1.24 bits per heavy atom. The number of hydrogen-bond acceptors (Lipinski definition) is 3. The van der Waals surface area contributed by atoms with E-state index in [9.17, 15) is 9.50 Å². The summed E-state index contributed by atoms with van der Waals surface area (Å²) in [4.78, 5) is 2.45. The van der Waals surface area contributed by atoms with Crippen molar-refractivity contribution in [1.82, 2.24) is 4.90 Å². The lowest BCUT2D eigenvalue weighted by molar-refractivity contribution is 0.161. The lowest BCUT2D eigenvalue weighted by Gasteiger charge is -2.33.